The van der Waals surface area contributed by atoms with Crippen LogP contribution in [0.4, 0.5) is 42.1 Å². The van der Waals surface area contributed by atoms with Gasteiger partial charge in [-0.1, -0.05) is 0 Å². The van der Waals surface area contributed by atoms with E-state index in [1.165, 1.54) is 0 Å². The van der Waals surface area contributed by atoms with Gasteiger partial charge in [0.15, 0.2) is 5.69 Å². The fourth-order valence-electron chi connectivity index (χ4n) is 2.71. The van der Waals surface area contributed by atoms with Gasteiger partial charge in [-0.2, -0.15) is 31.4 Å². The average molecular weight is 474 g/mol. The Bertz CT molecular complexity index is 1170. The van der Waals surface area contributed by atoms with Crippen molar-refractivity contribution in [2.75, 3.05) is 10.6 Å². The summed E-state index contributed by atoms with van der Waals surface area (Å²) in [5, 5.41) is 7.36. The van der Waals surface area contributed by atoms with Crippen LogP contribution in [0, 0.1) is 5.82 Å². The highest BCUT2D eigenvalue weighted by Crippen LogP contribution is 2.37. The summed E-state index contributed by atoms with van der Waals surface area (Å²) in [6.45, 7) is -0.767. The molecule has 0 aliphatic rings. The zero-order valence-corrected chi connectivity index (χ0v) is 16.3. The molecule has 0 spiro atoms. The molecule has 0 saturated heterocycles. The lowest BCUT2D eigenvalue weighted by molar-refractivity contribution is -0.141. The van der Waals surface area contributed by atoms with E-state index in [9.17, 15) is 40.3 Å². The number of nitrogens with one attached hydrogen (secondary N) is 2. The Balaban J connectivity index is 1.76. The predicted molar refractivity (Wildman–Crippen MR) is 102 cm³/mol. The number of amides is 2. The van der Waals surface area contributed by atoms with Gasteiger partial charge in [0.2, 0.25) is 5.91 Å². The van der Waals surface area contributed by atoms with E-state index in [0.717, 1.165) is 42.6 Å². The van der Waals surface area contributed by atoms with Gasteiger partial charge in [-0.15, -0.1) is 0 Å². The van der Waals surface area contributed by atoms with Gasteiger partial charge >= 0.3 is 12.4 Å². The van der Waals surface area contributed by atoms with Crippen LogP contribution < -0.4 is 10.6 Å². The van der Waals surface area contributed by atoms with Crippen molar-refractivity contribution >= 4 is 23.2 Å². The van der Waals surface area contributed by atoms with Gasteiger partial charge < -0.3 is 10.6 Å². The summed E-state index contributed by atoms with van der Waals surface area (Å²) in [6, 6.07) is 7.46. The first-order valence-corrected chi connectivity index (χ1v) is 9.01. The molecule has 0 radical (unpaired) electrons. The molecule has 1 heterocycles. The standard InChI is InChI=1S/C20H13F7N4O2/c21-12-3-1-11(2-4-12)18(33)28-13-5-6-15(14(9-13)19(22,23)24)29-17(32)10-31-8-7-16(30-31)20(25,26)27/h1-9H,10H2,(H,28,33)(H,29,32). The lowest BCUT2D eigenvalue weighted by Gasteiger charge is -2.16. The molecule has 3 aromatic rings. The molecule has 2 aromatic carbocycles. The van der Waals surface area contributed by atoms with Crippen LogP contribution in [0.5, 0.6) is 0 Å². The number of hydrogen-bond acceptors (Lipinski definition) is 3. The maximum Gasteiger partial charge on any atom is 0.435 e. The second kappa shape index (κ2) is 8.92. The SMILES string of the molecule is O=C(Cn1ccc(C(F)(F)F)n1)Nc1ccc(NC(=O)c2ccc(F)cc2)cc1C(F)(F)F. The molecular formula is C20H13F7N4O2. The zero-order chi connectivity index (χ0) is 24.4. The number of hydrogen-bond donors (Lipinski definition) is 2. The maximum atomic E-state index is 13.5. The third-order valence-electron chi connectivity index (χ3n) is 4.20. The highest BCUT2D eigenvalue weighted by Gasteiger charge is 2.35. The maximum absolute atomic E-state index is 13.5. The van der Waals surface area contributed by atoms with Crippen LogP contribution >= 0.6 is 0 Å². The molecule has 1 aromatic heterocycles. The van der Waals surface area contributed by atoms with Crippen molar-refractivity contribution in [2.24, 2.45) is 0 Å². The van der Waals surface area contributed by atoms with E-state index in [4.69, 9.17) is 0 Å². The summed E-state index contributed by atoms with van der Waals surface area (Å²) in [6.07, 6.45) is -8.81. The first kappa shape index (κ1) is 23.8. The van der Waals surface area contributed by atoms with E-state index in [-0.39, 0.29) is 11.3 Å². The number of carbonyl (C=O) groups excluding carboxylic acids is 2. The van der Waals surface area contributed by atoms with Gasteiger partial charge in [0, 0.05) is 17.4 Å². The second-order valence-electron chi connectivity index (χ2n) is 6.66. The molecule has 2 N–H and O–H groups in total. The number of carbonyl (C=O) groups is 2. The number of alkyl halides is 6. The molecule has 33 heavy (non-hydrogen) atoms. The third-order valence-corrected chi connectivity index (χ3v) is 4.20. The minimum atomic E-state index is -4.94. The summed E-state index contributed by atoms with van der Waals surface area (Å²) < 4.78 is 91.8. The van der Waals surface area contributed by atoms with Crippen LogP contribution in [0.3, 0.4) is 0 Å². The molecule has 0 aliphatic heterocycles. The van der Waals surface area contributed by atoms with Gasteiger partial charge in [-0.05, 0) is 48.5 Å². The number of halogens is 7. The van der Waals surface area contributed by atoms with Crippen LogP contribution in [0.1, 0.15) is 21.6 Å². The summed E-state index contributed by atoms with van der Waals surface area (Å²) >= 11 is 0. The Kier molecular flexibility index (Phi) is 6.42. The Morgan fingerprint density at radius 3 is 2.12 bits per heavy atom. The smallest absolute Gasteiger partial charge is 0.324 e. The van der Waals surface area contributed by atoms with Crippen molar-refractivity contribution in [1.82, 2.24) is 9.78 Å². The molecule has 0 saturated carbocycles. The molecule has 0 bridgehead atoms. The molecule has 0 aliphatic carbocycles. The Hall–Kier alpha value is -3.90. The number of benzene rings is 2. The van der Waals surface area contributed by atoms with Gasteiger partial charge in [-0.3, -0.25) is 14.3 Å². The first-order valence-electron chi connectivity index (χ1n) is 9.01. The van der Waals surface area contributed by atoms with E-state index in [1.807, 2.05) is 5.32 Å². The van der Waals surface area contributed by atoms with Gasteiger partial charge in [-0.25, -0.2) is 4.39 Å². The minimum Gasteiger partial charge on any atom is -0.324 e. The van der Waals surface area contributed by atoms with E-state index in [2.05, 4.69) is 10.4 Å². The molecule has 0 atom stereocenters. The van der Waals surface area contributed by atoms with E-state index in [0.29, 0.717) is 16.8 Å². The zero-order valence-electron chi connectivity index (χ0n) is 16.3. The van der Waals surface area contributed by atoms with Crippen molar-refractivity contribution in [3.63, 3.8) is 0 Å². The first-order chi connectivity index (χ1) is 15.3. The monoisotopic (exact) mass is 474 g/mol. The molecule has 13 heteroatoms. The van der Waals surface area contributed by atoms with Gasteiger partial charge in [0.1, 0.15) is 12.4 Å². The van der Waals surface area contributed by atoms with Crippen LogP contribution in [0.15, 0.2) is 54.7 Å². The summed E-state index contributed by atoms with van der Waals surface area (Å²) in [4.78, 5) is 24.2. The van der Waals surface area contributed by atoms with Gasteiger partial charge in [0.05, 0.1) is 11.3 Å². The highest BCUT2D eigenvalue weighted by molar-refractivity contribution is 6.04. The average Bonchev–Trinajstić information content (AvgIpc) is 3.17. The highest BCUT2D eigenvalue weighted by atomic mass is 19.4. The summed E-state index contributed by atoms with van der Waals surface area (Å²) in [7, 11) is 0. The van der Waals surface area contributed by atoms with Crippen LogP contribution in [0.25, 0.3) is 0 Å². The predicted octanol–water partition coefficient (Wildman–Crippen LogP) is 4.95. The minimum absolute atomic E-state index is 0.000197. The molecule has 2 amide bonds. The topological polar surface area (TPSA) is 76.0 Å². The second-order valence-corrected chi connectivity index (χ2v) is 6.66. The fraction of sp³-hybridized carbons (Fsp3) is 0.150. The molecule has 0 unspecified atom stereocenters. The number of nitrogens with zero attached hydrogens (tertiary/aromatic N) is 2. The molecular weight excluding hydrogens is 461 g/mol. The third kappa shape index (κ3) is 6.08. The Morgan fingerprint density at radius 2 is 1.55 bits per heavy atom. The van der Waals surface area contributed by atoms with Crippen LogP contribution in [-0.2, 0) is 23.7 Å². The van der Waals surface area contributed by atoms with Gasteiger partial charge in [0.25, 0.3) is 5.91 Å². The summed E-state index contributed by atoms with van der Waals surface area (Å²) in [5.41, 5.74) is -3.48. The molecule has 174 valence electrons. The van der Waals surface area contributed by atoms with Crippen LogP contribution in [0.2, 0.25) is 0 Å². The van der Waals surface area contributed by atoms with Crippen molar-refractivity contribution in [1.29, 1.82) is 0 Å². The number of rotatable bonds is 5. The Morgan fingerprint density at radius 1 is 0.879 bits per heavy atom. The number of aromatic nitrogens is 2. The van der Waals surface area contributed by atoms with E-state index >= 15 is 0 Å². The normalized spacial score (nSPS) is 11.8. The van der Waals surface area contributed by atoms with Crippen molar-refractivity contribution in [2.45, 2.75) is 18.9 Å². The summed E-state index contributed by atoms with van der Waals surface area (Å²) in [5.74, 6) is -2.45. The fourth-order valence-corrected chi connectivity index (χ4v) is 2.71. The number of anilines is 2. The molecule has 6 nitrogen and oxygen atoms in total. The van der Waals surface area contributed by atoms with E-state index < -0.39 is 53.5 Å². The Labute approximate surface area is 181 Å². The lowest BCUT2D eigenvalue weighted by Crippen LogP contribution is -2.22. The largest absolute Gasteiger partial charge is 0.435 e. The van der Waals surface area contributed by atoms with Crippen molar-refractivity contribution < 1.29 is 40.3 Å². The van der Waals surface area contributed by atoms with Crippen molar-refractivity contribution in [3.8, 4) is 0 Å². The molecule has 3 rings (SSSR count). The van der Waals surface area contributed by atoms with E-state index in [1.54, 1.807) is 0 Å². The lowest BCUT2D eigenvalue weighted by atomic mass is 10.1. The molecule has 0 fully saturated rings. The van der Waals surface area contributed by atoms with Crippen molar-refractivity contribution in [3.05, 3.63) is 77.4 Å². The quantitative estimate of drug-likeness (QED) is 0.514. The van der Waals surface area contributed by atoms with Crippen LogP contribution in [-0.4, -0.2) is 21.6 Å².